The Balaban J connectivity index is 1.78. The zero-order valence-electron chi connectivity index (χ0n) is 14.3. The van der Waals surface area contributed by atoms with Crippen LogP contribution in [0.15, 0.2) is 47.4 Å². The minimum Gasteiger partial charge on any atom is -0.303 e. The highest BCUT2D eigenvalue weighted by Crippen LogP contribution is 2.23. The van der Waals surface area contributed by atoms with Crippen molar-refractivity contribution in [3.63, 3.8) is 0 Å². The summed E-state index contributed by atoms with van der Waals surface area (Å²) in [5, 5.41) is 0.514. The monoisotopic (exact) mass is 378 g/mol. The van der Waals surface area contributed by atoms with Crippen LogP contribution in [0.1, 0.15) is 24.5 Å². The molecule has 1 heterocycles. The second-order valence-corrected chi connectivity index (χ2v) is 8.50. The van der Waals surface area contributed by atoms with Crippen LogP contribution in [0.3, 0.4) is 0 Å². The number of anilines is 1. The van der Waals surface area contributed by atoms with Crippen molar-refractivity contribution >= 4 is 27.3 Å². The summed E-state index contributed by atoms with van der Waals surface area (Å²) in [4.78, 5) is 2.68. The van der Waals surface area contributed by atoms with Gasteiger partial charge in [-0.1, -0.05) is 24.6 Å². The van der Waals surface area contributed by atoms with E-state index in [9.17, 15) is 8.42 Å². The molecule has 25 heavy (non-hydrogen) atoms. The normalized spacial score (nSPS) is 15.4. The van der Waals surface area contributed by atoms with Crippen molar-refractivity contribution < 1.29 is 8.42 Å². The molecule has 0 spiro atoms. The summed E-state index contributed by atoms with van der Waals surface area (Å²) in [7, 11) is -3.60. The molecule has 4 nitrogen and oxygen atoms in total. The fourth-order valence-corrected chi connectivity index (χ4v) is 4.38. The van der Waals surface area contributed by atoms with E-state index in [2.05, 4.69) is 16.5 Å². The molecule has 0 amide bonds. The molecule has 134 valence electrons. The van der Waals surface area contributed by atoms with Gasteiger partial charge in [0.05, 0.1) is 4.90 Å². The van der Waals surface area contributed by atoms with Gasteiger partial charge in [-0.15, -0.1) is 0 Å². The van der Waals surface area contributed by atoms with Crippen LogP contribution < -0.4 is 4.72 Å². The van der Waals surface area contributed by atoms with Crippen molar-refractivity contribution in [3.8, 4) is 0 Å². The van der Waals surface area contributed by atoms with E-state index < -0.39 is 10.0 Å². The van der Waals surface area contributed by atoms with Gasteiger partial charge in [-0.2, -0.15) is 0 Å². The van der Waals surface area contributed by atoms with E-state index in [1.54, 1.807) is 12.1 Å². The van der Waals surface area contributed by atoms with Gasteiger partial charge in [0, 0.05) is 23.8 Å². The van der Waals surface area contributed by atoms with E-state index >= 15 is 0 Å². The van der Waals surface area contributed by atoms with E-state index in [4.69, 9.17) is 11.6 Å². The van der Waals surface area contributed by atoms with Crippen LogP contribution in [-0.2, 0) is 22.9 Å². The number of halogens is 1. The third-order valence-electron chi connectivity index (χ3n) is 4.52. The topological polar surface area (TPSA) is 49.4 Å². The Labute approximate surface area is 154 Å². The molecule has 0 bridgehead atoms. The molecule has 0 unspecified atom stereocenters. The van der Waals surface area contributed by atoms with Gasteiger partial charge >= 0.3 is 0 Å². The summed E-state index contributed by atoms with van der Waals surface area (Å²) in [6, 6.07) is 12.0. The van der Waals surface area contributed by atoms with Gasteiger partial charge in [-0.25, -0.2) is 8.42 Å². The summed E-state index contributed by atoms with van der Waals surface area (Å²) >= 11 is 5.83. The number of benzene rings is 2. The Morgan fingerprint density at radius 2 is 1.72 bits per heavy atom. The highest BCUT2D eigenvalue weighted by Gasteiger charge is 2.17. The predicted molar refractivity (Wildman–Crippen MR) is 103 cm³/mol. The Hall–Kier alpha value is -1.56. The molecule has 0 radical (unpaired) electrons. The van der Waals surface area contributed by atoms with Crippen molar-refractivity contribution in [2.24, 2.45) is 0 Å². The standard InChI is InChI=1S/C19H23ClN2O2S/c1-2-11-22-12-9-15-3-6-18(14-16(15)10-13-22)21-25(23,24)19-7-4-17(20)5-8-19/h3-8,14,21H,2,9-13H2,1H3. The SMILES string of the molecule is CCCN1CCc2ccc(NS(=O)(=O)c3ccc(Cl)cc3)cc2CC1. The van der Waals surface area contributed by atoms with Crippen LogP contribution in [-0.4, -0.2) is 33.0 Å². The maximum absolute atomic E-state index is 12.5. The second-order valence-electron chi connectivity index (χ2n) is 6.38. The first-order valence-electron chi connectivity index (χ1n) is 8.60. The van der Waals surface area contributed by atoms with Gasteiger partial charge in [-0.3, -0.25) is 4.72 Å². The smallest absolute Gasteiger partial charge is 0.261 e. The lowest BCUT2D eigenvalue weighted by atomic mass is 10.0. The molecule has 0 fully saturated rings. The van der Waals surface area contributed by atoms with Crippen LogP contribution >= 0.6 is 11.6 Å². The molecule has 0 aromatic heterocycles. The molecule has 2 aromatic rings. The Morgan fingerprint density at radius 1 is 1.04 bits per heavy atom. The number of nitrogens with zero attached hydrogens (tertiary/aromatic N) is 1. The largest absolute Gasteiger partial charge is 0.303 e. The van der Waals surface area contributed by atoms with E-state index in [1.165, 1.54) is 23.3 Å². The maximum atomic E-state index is 12.5. The highest BCUT2D eigenvalue weighted by molar-refractivity contribution is 7.92. The van der Waals surface area contributed by atoms with Gasteiger partial charge in [0.1, 0.15) is 0 Å². The summed E-state index contributed by atoms with van der Waals surface area (Å²) in [6.45, 7) is 5.40. The van der Waals surface area contributed by atoms with Gasteiger partial charge in [-0.05, 0) is 73.3 Å². The summed E-state index contributed by atoms with van der Waals surface area (Å²) in [5.41, 5.74) is 3.15. The Kier molecular flexibility index (Phi) is 5.67. The van der Waals surface area contributed by atoms with Crippen molar-refractivity contribution in [3.05, 3.63) is 58.6 Å². The molecule has 0 saturated carbocycles. The molecule has 3 rings (SSSR count). The average molecular weight is 379 g/mol. The number of hydrogen-bond donors (Lipinski definition) is 1. The number of fused-ring (bicyclic) bond motifs is 1. The van der Waals surface area contributed by atoms with Crippen molar-refractivity contribution in [1.82, 2.24) is 4.90 Å². The molecule has 2 aromatic carbocycles. The maximum Gasteiger partial charge on any atom is 0.261 e. The quantitative estimate of drug-likeness (QED) is 0.856. The van der Waals surface area contributed by atoms with Crippen molar-refractivity contribution in [2.45, 2.75) is 31.1 Å². The number of nitrogens with one attached hydrogen (secondary N) is 1. The van der Waals surface area contributed by atoms with Crippen LogP contribution in [0.4, 0.5) is 5.69 Å². The summed E-state index contributed by atoms with van der Waals surface area (Å²) in [5.74, 6) is 0. The Bertz CT molecular complexity index is 835. The lowest BCUT2D eigenvalue weighted by molar-refractivity contribution is 0.288. The molecule has 0 saturated heterocycles. The van der Waals surface area contributed by atoms with Crippen molar-refractivity contribution in [1.29, 1.82) is 0 Å². The number of hydrogen-bond acceptors (Lipinski definition) is 3. The molecule has 0 aliphatic carbocycles. The molecular weight excluding hydrogens is 356 g/mol. The molecule has 1 N–H and O–H groups in total. The molecule has 1 aliphatic rings. The average Bonchev–Trinajstić information content (AvgIpc) is 2.78. The van der Waals surface area contributed by atoms with Crippen molar-refractivity contribution in [2.75, 3.05) is 24.4 Å². The second kappa shape index (κ2) is 7.77. The molecular formula is C19H23ClN2O2S. The van der Waals surface area contributed by atoms with Gasteiger partial charge in [0.25, 0.3) is 10.0 Å². The first kappa shape index (κ1) is 18.2. The van der Waals surface area contributed by atoms with E-state index in [-0.39, 0.29) is 4.90 Å². The highest BCUT2D eigenvalue weighted by atomic mass is 35.5. The molecule has 0 atom stereocenters. The van der Waals surface area contributed by atoms with Crippen LogP contribution in [0.5, 0.6) is 0 Å². The van der Waals surface area contributed by atoms with Gasteiger partial charge in [0.15, 0.2) is 0 Å². The van der Waals surface area contributed by atoms with Gasteiger partial charge < -0.3 is 4.90 Å². The summed E-state index contributed by atoms with van der Waals surface area (Å²) in [6.07, 6.45) is 3.12. The molecule has 6 heteroatoms. The minimum atomic E-state index is -3.60. The third-order valence-corrected chi connectivity index (χ3v) is 6.17. The first-order chi connectivity index (χ1) is 12.0. The fraction of sp³-hybridized carbons (Fsp3) is 0.368. The van der Waals surface area contributed by atoms with E-state index in [0.717, 1.165) is 38.9 Å². The minimum absolute atomic E-state index is 0.209. The van der Waals surface area contributed by atoms with Gasteiger partial charge in [0.2, 0.25) is 0 Å². The van der Waals surface area contributed by atoms with Crippen LogP contribution in [0, 0.1) is 0 Å². The van der Waals surface area contributed by atoms with E-state index in [0.29, 0.717) is 10.7 Å². The molecule has 1 aliphatic heterocycles. The lowest BCUT2D eigenvalue weighted by Gasteiger charge is -2.18. The summed E-state index contributed by atoms with van der Waals surface area (Å²) < 4.78 is 27.7. The third kappa shape index (κ3) is 4.54. The lowest BCUT2D eigenvalue weighted by Crippen LogP contribution is -2.27. The van der Waals surface area contributed by atoms with Crippen LogP contribution in [0.2, 0.25) is 5.02 Å². The number of rotatable bonds is 5. The Morgan fingerprint density at radius 3 is 2.40 bits per heavy atom. The fourth-order valence-electron chi connectivity index (χ4n) is 3.20. The first-order valence-corrected chi connectivity index (χ1v) is 10.5. The zero-order chi connectivity index (χ0) is 17.9. The van der Waals surface area contributed by atoms with E-state index in [1.807, 2.05) is 18.2 Å². The predicted octanol–water partition coefficient (Wildman–Crippen LogP) is 3.95. The van der Waals surface area contributed by atoms with Crippen LogP contribution in [0.25, 0.3) is 0 Å². The number of sulfonamides is 1. The zero-order valence-corrected chi connectivity index (χ0v) is 15.9.